The smallest absolute Gasteiger partial charge is 0.105 e. The van der Waals surface area contributed by atoms with Crippen LogP contribution in [0.15, 0.2) is 10.5 Å². The van der Waals surface area contributed by atoms with E-state index < -0.39 is 0 Å². The van der Waals surface area contributed by atoms with Crippen LogP contribution >= 0.6 is 0 Å². The van der Waals surface area contributed by atoms with Gasteiger partial charge in [-0.3, -0.25) is 0 Å². The van der Waals surface area contributed by atoms with Gasteiger partial charge in [-0.05, 0) is 32.9 Å². The minimum absolute atomic E-state index is 0.467. The summed E-state index contributed by atoms with van der Waals surface area (Å²) in [5.41, 5.74) is 1.35. The van der Waals surface area contributed by atoms with E-state index in [4.69, 9.17) is 4.42 Å². The molecular weight excluding hydrogens is 210 g/mol. The molecule has 1 aromatic rings. The van der Waals surface area contributed by atoms with E-state index in [2.05, 4.69) is 32.2 Å². The summed E-state index contributed by atoms with van der Waals surface area (Å²) in [4.78, 5) is 0. The van der Waals surface area contributed by atoms with Crippen LogP contribution in [0, 0.1) is 13.8 Å². The first kappa shape index (κ1) is 14.3. The Hall–Kier alpha value is -0.760. The lowest BCUT2D eigenvalue weighted by atomic mass is 10.00. The molecule has 0 spiro atoms. The first-order chi connectivity index (χ1) is 8.19. The fraction of sp³-hybridized carbons (Fsp3) is 0.733. The summed E-state index contributed by atoms with van der Waals surface area (Å²) in [6.07, 6.45) is 6.51. The van der Waals surface area contributed by atoms with E-state index in [-0.39, 0.29) is 0 Å². The molecule has 0 saturated carbocycles. The molecule has 2 heteroatoms. The molecule has 0 amide bonds. The van der Waals surface area contributed by atoms with E-state index >= 15 is 0 Å². The summed E-state index contributed by atoms with van der Waals surface area (Å²) in [6, 6.07) is 2.65. The van der Waals surface area contributed by atoms with Crippen LogP contribution in [-0.4, -0.2) is 6.54 Å². The van der Waals surface area contributed by atoms with Crippen molar-refractivity contribution in [3.8, 4) is 0 Å². The number of hydrogen-bond donors (Lipinski definition) is 1. The summed E-state index contributed by atoms with van der Waals surface area (Å²) in [5.74, 6) is 2.10. The van der Waals surface area contributed by atoms with Crippen molar-refractivity contribution in [3.05, 3.63) is 23.2 Å². The lowest BCUT2D eigenvalue weighted by Gasteiger charge is -2.17. The van der Waals surface area contributed by atoms with Crippen molar-refractivity contribution in [1.29, 1.82) is 0 Å². The second-order valence-electron chi connectivity index (χ2n) is 4.83. The highest BCUT2D eigenvalue weighted by molar-refractivity contribution is 5.24. The molecule has 1 atom stereocenters. The fourth-order valence-corrected chi connectivity index (χ4v) is 2.39. The molecule has 0 bridgehead atoms. The van der Waals surface area contributed by atoms with E-state index in [1.54, 1.807) is 0 Å². The average Bonchev–Trinajstić information content (AvgIpc) is 2.62. The number of aryl methyl sites for hydroxylation is 2. The zero-order chi connectivity index (χ0) is 12.7. The molecule has 17 heavy (non-hydrogen) atoms. The largest absolute Gasteiger partial charge is 0.466 e. The third-order valence-corrected chi connectivity index (χ3v) is 3.25. The Bertz CT molecular complexity index is 317. The molecule has 1 unspecified atom stereocenters. The third kappa shape index (κ3) is 4.55. The van der Waals surface area contributed by atoms with Crippen LogP contribution < -0.4 is 5.32 Å². The average molecular weight is 237 g/mol. The van der Waals surface area contributed by atoms with Crippen LogP contribution in [0.3, 0.4) is 0 Å². The second kappa shape index (κ2) is 7.54. The molecule has 1 aromatic heterocycles. The van der Waals surface area contributed by atoms with E-state index in [1.807, 2.05) is 6.92 Å². The van der Waals surface area contributed by atoms with Gasteiger partial charge in [0.1, 0.15) is 11.5 Å². The summed E-state index contributed by atoms with van der Waals surface area (Å²) in [5, 5.41) is 3.57. The summed E-state index contributed by atoms with van der Waals surface area (Å²) >= 11 is 0. The minimum atomic E-state index is 0.467. The van der Waals surface area contributed by atoms with Gasteiger partial charge in [0.25, 0.3) is 0 Å². The lowest BCUT2D eigenvalue weighted by Crippen LogP contribution is -2.21. The summed E-state index contributed by atoms with van der Waals surface area (Å²) in [7, 11) is 0. The quantitative estimate of drug-likeness (QED) is 0.673. The highest BCUT2D eigenvalue weighted by Gasteiger charge is 2.15. The zero-order valence-electron chi connectivity index (χ0n) is 11.8. The Morgan fingerprint density at radius 1 is 1.18 bits per heavy atom. The van der Waals surface area contributed by atoms with Gasteiger partial charge in [-0.2, -0.15) is 0 Å². The fourth-order valence-electron chi connectivity index (χ4n) is 2.39. The van der Waals surface area contributed by atoms with Crippen LogP contribution in [0.2, 0.25) is 0 Å². The van der Waals surface area contributed by atoms with Crippen LogP contribution in [0.5, 0.6) is 0 Å². The van der Waals surface area contributed by atoms with Crippen molar-refractivity contribution in [1.82, 2.24) is 5.32 Å². The molecule has 98 valence electrons. The van der Waals surface area contributed by atoms with Crippen molar-refractivity contribution >= 4 is 0 Å². The predicted molar refractivity (Wildman–Crippen MR) is 73.4 cm³/mol. The standard InChI is InChI=1S/C15H27NO/c1-5-7-8-9-10-15(16-6-2)14-11-12(3)17-13(14)4/h11,15-16H,5-10H2,1-4H3. The third-order valence-electron chi connectivity index (χ3n) is 3.25. The van der Waals surface area contributed by atoms with Crippen LogP contribution in [0.4, 0.5) is 0 Å². The maximum Gasteiger partial charge on any atom is 0.105 e. The van der Waals surface area contributed by atoms with Gasteiger partial charge in [-0.1, -0.05) is 39.5 Å². The van der Waals surface area contributed by atoms with Crippen molar-refractivity contribution in [2.45, 2.75) is 65.8 Å². The molecule has 1 rings (SSSR count). The van der Waals surface area contributed by atoms with Gasteiger partial charge in [0.2, 0.25) is 0 Å². The van der Waals surface area contributed by atoms with Crippen molar-refractivity contribution in [2.75, 3.05) is 6.54 Å². The first-order valence-electron chi connectivity index (χ1n) is 6.99. The van der Waals surface area contributed by atoms with Crippen molar-refractivity contribution in [2.24, 2.45) is 0 Å². The molecule has 0 aliphatic rings. The Kier molecular flexibility index (Phi) is 6.35. The van der Waals surface area contributed by atoms with Crippen LogP contribution in [0.25, 0.3) is 0 Å². The lowest BCUT2D eigenvalue weighted by molar-refractivity contribution is 0.459. The number of furan rings is 1. The molecule has 0 fully saturated rings. The van der Waals surface area contributed by atoms with E-state index in [1.165, 1.54) is 37.7 Å². The van der Waals surface area contributed by atoms with E-state index in [0.29, 0.717) is 6.04 Å². The molecule has 0 aliphatic carbocycles. The van der Waals surface area contributed by atoms with Crippen LogP contribution in [-0.2, 0) is 0 Å². The van der Waals surface area contributed by atoms with Gasteiger partial charge in [0.15, 0.2) is 0 Å². The summed E-state index contributed by atoms with van der Waals surface area (Å²) in [6.45, 7) is 9.53. The maximum atomic E-state index is 5.63. The molecule has 0 saturated heterocycles. The number of nitrogens with one attached hydrogen (secondary N) is 1. The van der Waals surface area contributed by atoms with Gasteiger partial charge in [0.05, 0.1) is 0 Å². The molecule has 0 aliphatic heterocycles. The first-order valence-corrected chi connectivity index (χ1v) is 6.99. The van der Waals surface area contributed by atoms with Crippen molar-refractivity contribution in [3.63, 3.8) is 0 Å². The Labute approximate surface area is 106 Å². The van der Waals surface area contributed by atoms with Gasteiger partial charge >= 0.3 is 0 Å². The molecule has 0 aromatic carbocycles. The Morgan fingerprint density at radius 2 is 1.94 bits per heavy atom. The highest BCUT2D eigenvalue weighted by Crippen LogP contribution is 2.25. The molecule has 2 nitrogen and oxygen atoms in total. The normalized spacial score (nSPS) is 12.9. The minimum Gasteiger partial charge on any atom is -0.466 e. The maximum absolute atomic E-state index is 5.63. The monoisotopic (exact) mass is 237 g/mol. The number of hydrogen-bond acceptors (Lipinski definition) is 2. The Balaban J connectivity index is 2.55. The Morgan fingerprint density at radius 3 is 2.47 bits per heavy atom. The second-order valence-corrected chi connectivity index (χ2v) is 4.83. The number of unbranched alkanes of at least 4 members (excludes halogenated alkanes) is 3. The van der Waals surface area contributed by atoms with E-state index in [0.717, 1.165) is 18.1 Å². The highest BCUT2D eigenvalue weighted by atomic mass is 16.3. The van der Waals surface area contributed by atoms with Gasteiger partial charge in [-0.25, -0.2) is 0 Å². The topological polar surface area (TPSA) is 25.2 Å². The van der Waals surface area contributed by atoms with Crippen molar-refractivity contribution < 1.29 is 4.42 Å². The van der Waals surface area contributed by atoms with E-state index in [9.17, 15) is 0 Å². The zero-order valence-corrected chi connectivity index (χ0v) is 11.8. The van der Waals surface area contributed by atoms with Gasteiger partial charge in [0, 0.05) is 11.6 Å². The number of rotatable bonds is 8. The molecule has 1 heterocycles. The molecular formula is C15H27NO. The summed E-state index contributed by atoms with van der Waals surface area (Å²) < 4.78 is 5.63. The SMILES string of the molecule is CCCCCCC(NCC)c1cc(C)oc1C. The predicted octanol–water partition coefficient (Wildman–Crippen LogP) is 4.52. The molecule has 1 N–H and O–H groups in total. The van der Waals surface area contributed by atoms with Gasteiger partial charge < -0.3 is 9.73 Å². The molecule has 0 radical (unpaired) electrons. The van der Waals surface area contributed by atoms with Crippen LogP contribution in [0.1, 0.15) is 69.1 Å². The van der Waals surface area contributed by atoms with Gasteiger partial charge in [-0.15, -0.1) is 0 Å².